The first-order valence-corrected chi connectivity index (χ1v) is 4.96. The Morgan fingerprint density at radius 1 is 1.46 bits per heavy atom. The minimum absolute atomic E-state index is 0.154. The number of nitrogens with zero attached hydrogens (tertiary/aromatic N) is 1. The molecule has 0 aliphatic rings. The van der Waals surface area contributed by atoms with E-state index in [1.54, 1.807) is 0 Å². The summed E-state index contributed by atoms with van der Waals surface area (Å²) in [6.45, 7) is 5.99. The number of nitrogen functional groups attached to an aromatic ring is 1. The highest BCUT2D eigenvalue weighted by atomic mass is 127. The Hall–Kier alpha value is -0.590. The van der Waals surface area contributed by atoms with E-state index in [0.29, 0.717) is 3.57 Å². The van der Waals surface area contributed by atoms with Crippen molar-refractivity contribution in [3.63, 3.8) is 0 Å². The maximum Gasteiger partial charge on any atom is 0.266 e. The second-order valence-corrected chi connectivity index (χ2v) is 4.94. The molecule has 0 fully saturated rings. The molecule has 5 heteroatoms. The third kappa shape index (κ3) is 2.20. The Kier molecular flexibility index (Phi) is 2.65. The predicted molar refractivity (Wildman–Crippen MR) is 60.7 cm³/mol. The Morgan fingerprint density at radius 3 is 2.46 bits per heavy atom. The zero-order valence-corrected chi connectivity index (χ0v) is 9.97. The quantitative estimate of drug-likeness (QED) is 0.707. The summed E-state index contributed by atoms with van der Waals surface area (Å²) in [6, 6.07) is 0. The van der Waals surface area contributed by atoms with Gasteiger partial charge in [-0.05, 0) is 22.6 Å². The highest BCUT2D eigenvalue weighted by Gasteiger charge is 2.21. The van der Waals surface area contributed by atoms with Crippen molar-refractivity contribution in [2.45, 2.75) is 26.2 Å². The molecule has 0 radical (unpaired) electrons. The van der Waals surface area contributed by atoms with Crippen molar-refractivity contribution in [2.24, 2.45) is 0 Å². The third-order valence-electron chi connectivity index (χ3n) is 1.59. The minimum atomic E-state index is -0.168. The van der Waals surface area contributed by atoms with E-state index in [4.69, 9.17) is 5.73 Å². The molecule has 0 saturated carbocycles. The highest BCUT2D eigenvalue weighted by Crippen LogP contribution is 2.22. The first kappa shape index (κ1) is 10.5. The molecule has 1 rings (SSSR count). The van der Waals surface area contributed by atoms with E-state index < -0.39 is 0 Å². The molecule has 1 aromatic heterocycles. The number of hydrogen-bond acceptors (Lipinski definition) is 3. The van der Waals surface area contributed by atoms with Crippen molar-refractivity contribution in [1.29, 1.82) is 0 Å². The molecule has 0 unspecified atom stereocenters. The standard InChI is InChI=1S/C8H12IN3O/c1-8(2,3)5-4(9)6(13)12-7(10)11-5/h1-3H3,(H3,10,11,12,13). The van der Waals surface area contributed by atoms with Gasteiger partial charge in [0.05, 0.1) is 5.69 Å². The van der Waals surface area contributed by atoms with Gasteiger partial charge in [0.2, 0.25) is 5.95 Å². The van der Waals surface area contributed by atoms with Gasteiger partial charge < -0.3 is 5.73 Å². The Labute approximate surface area is 90.1 Å². The van der Waals surface area contributed by atoms with Crippen LogP contribution in [0.25, 0.3) is 0 Å². The van der Waals surface area contributed by atoms with Gasteiger partial charge in [-0.25, -0.2) is 4.98 Å². The fraction of sp³-hybridized carbons (Fsp3) is 0.500. The second-order valence-electron chi connectivity index (χ2n) is 3.86. The van der Waals surface area contributed by atoms with E-state index in [2.05, 4.69) is 9.97 Å². The Bertz CT molecular complexity index is 378. The smallest absolute Gasteiger partial charge is 0.266 e. The van der Waals surface area contributed by atoms with Crippen molar-refractivity contribution in [1.82, 2.24) is 9.97 Å². The minimum Gasteiger partial charge on any atom is -0.369 e. The monoisotopic (exact) mass is 293 g/mol. The predicted octanol–water partition coefficient (Wildman–Crippen LogP) is 1.25. The molecule has 0 bridgehead atoms. The number of H-pyrrole nitrogens is 1. The molecule has 4 nitrogen and oxygen atoms in total. The summed E-state index contributed by atoms with van der Waals surface area (Å²) in [5.74, 6) is 0.176. The fourth-order valence-electron chi connectivity index (χ4n) is 0.973. The van der Waals surface area contributed by atoms with Crippen molar-refractivity contribution in [3.05, 3.63) is 19.6 Å². The zero-order chi connectivity index (χ0) is 10.2. The zero-order valence-electron chi connectivity index (χ0n) is 7.81. The van der Waals surface area contributed by atoms with Gasteiger partial charge in [0.1, 0.15) is 3.57 Å². The number of nitrogens with one attached hydrogen (secondary N) is 1. The lowest BCUT2D eigenvalue weighted by molar-refractivity contribution is 0.562. The van der Waals surface area contributed by atoms with Gasteiger partial charge in [0.25, 0.3) is 5.56 Å². The normalized spacial score (nSPS) is 11.7. The molecule has 0 aromatic carbocycles. The van der Waals surface area contributed by atoms with Crippen LogP contribution in [0.1, 0.15) is 26.5 Å². The van der Waals surface area contributed by atoms with Crippen LogP contribution in [-0.2, 0) is 5.41 Å². The van der Waals surface area contributed by atoms with Crippen LogP contribution in [0, 0.1) is 3.57 Å². The SMILES string of the molecule is CC(C)(C)c1nc(N)[nH]c(=O)c1I. The summed E-state index contributed by atoms with van der Waals surface area (Å²) < 4.78 is 0.610. The summed E-state index contributed by atoms with van der Waals surface area (Å²) >= 11 is 1.99. The number of nitrogens with two attached hydrogens (primary N) is 1. The number of aromatic nitrogens is 2. The molecular formula is C8H12IN3O. The molecule has 0 aliphatic heterocycles. The summed E-state index contributed by atoms with van der Waals surface area (Å²) in [4.78, 5) is 17.9. The second kappa shape index (κ2) is 3.28. The number of rotatable bonds is 0. The van der Waals surface area contributed by atoms with E-state index in [1.165, 1.54) is 0 Å². The topological polar surface area (TPSA) is 71.8 Å². The van der Waals surface area contributed by atoms with Gasteiger partial charge in [0.15, 0.2) is 0 Å². The molecule has 3 N–H and O–H groups in total. The Morgan fingerprint density at radius 2 is 2.00 bits per heavy atom. The molecule has 1 heterocycles. The number of halogens is 1. The van der Waals surface area contributed by atoms with Gasteiger partial charge in [-0.2, -0.15) is 0 Å². The van der Waals surface area contributed by atoms with Crippen LogP contribution in [0.15, 0.2) is 4.79 Å². The number of aromatic amines is 1. The maximum absolute atomic E-state index is 11.3. The average molecular weight is 293 g/mol. The largest absolute Gasteiger partial charge is 0.369 e. The van der Waals surface area contributed by atoms with Gasteiger partial charge in [-0.15, -0.1) is 0 Å². The molecule has 0 atom stereocenters. The van der Waals surface area contributed by atoms with Crippen LogP contribution in [0.4, 0.5) is 5.95 Å². The molecule has 0 amide bonds. The molecule has 0 saturated heterocycles. The van der Waals surface area contributed by atoms with Gasteiger partial charge in [-0.1, -0.05) is 20.8 Å². The van der Waals surface area contributed by atoms with Crippen LogP contribution in [0.2, 0.25) is 0 Å². The number of hydrogen-bond donors (Lipinski definition) is 2. The fourth-order valence-corrected chi connectivity index (χ4v) is 2.04. The molecule has 13 heavy (non-hydrogen) atoms. The van der Waals surface area contributed by atoms with Gasteiger partial charge in [-0.3, -0.25) is 9.78 Å². The van der Waals surface area contributed by atoms with Gasteiger partial charge in [0, 0.05) is 5.41 Å². The van der Waals surface area contributed by atoms with Crippen LogP contribution in [0.3, 0.4) is 0 Å². The molecule has 0 spiro atoms. The lowest BCUT2D eigenvalue weighted by Crippen LogP contribution is -2.24. The molecule has 1 aromatic rings. The molecule has 0 aliphatic carbocycles. The van der Waals surface area contributed by atoms with E-state index in [1.807, 2.05) is 43.4 Å². The van der Waals surface area contributed by atoms with Crippen LogP contribution < -0.4 is 11.3 Å². The summed E-state index contributed by atoms with van der Waals surface area (Å²) in [5.41, 5.74) is 5.88. The Balaban J connectivity index is 3.46. The van der Waals surface area contributed by atoms with E-state index in [-0.39, 0.29) is 16.9 Å². The van der Waals surface area contributed by atoms with Crippen molar-refractivity contribution >= 4 is 28.5 Å². The van der Waals surface area contributed by atoms with Crippen molar-refractivity contribution < 1.29 is 0 Å². The molecular weight excluding hydrogens is 281 g/mol. The van der Waals surface area contributed by atoms with Crippen LogP contribution in [0.5, 0.6) is 0 Å². The maximum atomic E-state index is 11.3. The summed E-state index contributed by atoms with van der Waals surface area (Å²) in [5, 5.41) is 0. The third-order valence-corrected chi connectivity index (χ3v) is 2.59. The molecule has 72 valence electrons. The van der Waals surface area contributed by atoms with E-state index in [0.717, 1.165) is 5.69 Å². The summed E-state index contributed by atoms with van der Waals surface area (Å²) in [7, 11) is 0. The first-order chi connectivity index (χ1) is 5.82. The van der Waals surface area contributed by atoms with E-state index in [9.17, 15) is 4.79 Å². The van der Waals surface area contributed by atoms with E-state index >= 15 is 0 Å². The summed E-state index contributed by atoms with van der Waals surface area (Å²) in [6.07, 6.45) is 0. The first-order valence-electron chi connectivity index (χ1n) is 3.88. The van der Waals surface area contributed by atoms with Gasteiger partial charge >= 0.3 is 0 Å². The van der Waals surface area contributed by atoms with Crippen molar-refractivity contribution in [3.8, 4) is 0 Å². The lowest BCUT2D eigenvalue weighted by atomic mass is 9.92. The lowest BCUT2D eigenvalue weighted by Gasteiger charge is -2.18. The van der Waals surface area contributed by atoms with Crippen molar-refractivity contribution in [2.75, 3.05) is 5.73 Å². The van der Waals surface area contributed by atoms with Crippen LogP contribution >= 0.6 is 22.6 Å². The number of anilines is 1. The average Bonchev–Trinajstić information content (AvgIpc) is 1.94. The highest BCUT2D eigenvalue weighted by molar-refractivity contribution is 14.1. The van der Waals surface area contributed by atoms with Crippen LogP contribution in [-0.4, -0.2) is 9.97 Å².